The maximum Gasteiger partial charge on any atom is 0.0444 e. The first-order valence-corrected chi connectivity index (χ1v) is 5.46. The molecule has 0 spiro atoms. The van der Waals surface area contributed by atoms with E-state index in [1.165, 1.54) is 25.1 Å². The van der Waals surface area contributed by atoms with Crippen LogP contribution in [0.25, 0.3) is 0 Å². The lowest BCUT2D eigenvalue weighted by Crippen LogP contribution is -2.35. The first-order chi connectivity index (χ1) is 6.86. The summed E-state index contributed by atoms with van der Waals surface area (Å²) in [6.45, 7) is 4.45. The Labute approximate surface area is 85.3 Å². The topological polar surface area (TPSA) is 39.8 Å². The van der Waals surface area contributed by atoms with Gasteiger partial charge in [0.25, 0.3) is 0 Å². The summed E-state index contributed by atoms with van der Waals surface area (Å²) in [4.78, 5) is 3.23. The van der Waals surface area contributed by atoms with Gasteiger partial charge in [0.2, 0.25) is 0 Å². The minimum absolute atomic E-state index is 0.424. The molecule has 0 saturated carbocycles. The fourth-order valence-corrected chi connectivity index (χ4v) is 1.97. The molecule has 0 unspecified atom stereocenters. The molecule has 0 aromatic carbocycles. The van der Waals surface area contributed by atoms with Crippen LogP contribution in [-0.2, 0) is 0 Å². The highest BCUT2D eigenvalue weighted by Gasteiger charge is 2.14. The Hall–Kier alpha value is -0.800. The van der Waals surface area contributed by atoms with Crippen LogP contribution < -0.4 is 10.6 Å². The third-order valence-electron chi connectivity index (χ3n) is 2.92. The van der Waals surface area contributed by atoms with Crippen LogP contribution in [-0.4, -0.2) is 24.1 Å². The number of H-pyrrole nitrogens is 1. The van der Waals surface area contributed by atoms with E-state index in [0.717, 1.165) is 6.54 Å². The van der Waals surface area contributed by atoms with Crippen molar-refractivity contribution in [1.82, 2.24) is 15.6 Å². The summed E-state index contributed by atoms with van der Waals surface area (Å²) in [6, 6.07) is 5.26. The van der Waals surface area contributed by atoms with Gasteiger partial charge < -0.3 is 15.6 Å². The van der Waals surface area contributed by atoms with Crippen molar-refractivity contribution in [2.24, 2.45) is 0 Å². The Balaban J connectivity index is 1.74. The molecule has 0 aliphatic carbocycles. The lowest BCUT2D eigenvalue weighted by atomic mass is 10.2. The summed E-state index contributed by atoms with van der Waals surface area (Å²) >= 11 is 0. The van der Waals surface area contributed by atoms with Crippen molar-refractivity contribution in [3.8, 4) is 0 Å². The Morgan fingerprint density at radius 2 is 2.57 bits per heavy atom. The van der Waals surface area contributed by atoms with Crippen LogP contribution >= 0.6 is 0 Å². The molecule has 1 aromatic rings. The lowest BCUT2D eigenvalue weighted by Gasteiger charge is -2.16. The van der Waals surface area contributed by atoms with E-state index in [2.05, 4.69) is 28.6 Å². The Kier molecular flexibility index (Phi) is 3.22. The SMILES string of the molecule is C[C@@H](NC[C@@H]1CCCN1)c1ccc[nH]1. The summed E-state index contributed by atoms with van der Waals surface area (Å²) in [5.74, 6) is 0. The minimum atomic E-state index is 0.424. The van der Waals surface area contributed by atoms with Gasteiger partial charge >= 0.3 is 0 Å². The fourth-order valence-electron chi connectivity index (χ4n) is 1.97. The van der Waals surface area contributed by atoms with Crippen LogP contribution in [0.2, 0.25) is 0 Å². The van der Waals surface area contributed by atoms with Gasteiger partial charge in [-0.25, -0.2) is 0 Å². The van der Waals surface area contributed by atoms with Crippen LogP contribution in [0.3, 0.4) is 0 Å². The van der Waals surface area contributed by atoms with Crippen molar-refractivity contribution in [1.29, 1.82) is 0 Å². The standard InChI is InChI=1S/C11H19N3/c1-9(11-5-3-7-13-11)14-8-10-4-2-6-12-10/h3,5,7,9-10,12-14H,2,4,6,8H2,1H3/t9-,10+/m1/s1. The molecule has 1 saturated heterocycles. The number of rotatable bonds is 4. The zero-order valence-electron chi connectivity index (χ0n) is 8.72. The Morgan fingerprint density at radius 3 is 3.21 bits per heavy atom. The maximum absolute atomic E-state index is 3.53. The second-order valence-electron chi connectivity index (χ2n) is 4.05. The van der Waals surface area contributed by atoms with Crippen LogP contribution in [0.4, 0.5) is 0 Å². The van der Waals surface area contributed by atoms with Crippen molar-refractivity contribution in [2.45, 2.75) is 31.8 Å². The number of hydrogen-bond donors (Lipinski definition) is 3. The molecule has 3 nitrogen and oxygen atoms in total. The van der Waals surface area contributed by atoms with Crippen LogP contribution in [0.1, 0.15) is 31.5 Å². The largest absolute Gasteiger partial charge is 0.364 e. The van der Waals surface area contributed by atoms with Gasteiger partial charge in [0, 0.05) is 30.5 Å². The number of aromatic amines is 1. The average Bonchev–Trinajstić information content (AvgIpc) is 2.87. The highest BCUT2D eigenvalue weighted by molar-refractivity contribution is 5.07. The molecule has 0 radical (unpaired) electrons. The van der Waals surface area contributed by atoms with E-state index in [4.69, 9.17) is 0 Å². The summed E-state index contributed by atoms with van der Waals surface area (Å²) in [6.07, 6.45) is 4.61. The zero-order chi connectivity index (χ0) is 9.80. The predicted molar refractivity (Wildman–Crippen MR) is 58.2 cm³/mol. The predicted octanol–water partition coefficient (Wildman–Crippen LogP) is 1.42. The fraction of sp³-hybridized carbons (Fsp3) is 0.636. The van der Waals surface area contributed by atoms with Crippen LogP contribution in [0, 0.1) is 0 Å². The van der Waals surface area contributed by atoms with E-state index in [9.17, 15) is 0 Å². The number of hydrogen-bond acceptors (Lipinski definition) is 2. The molecular weight excluding hydrogens is 174 g/mol. The molecule has 0 amide bonds. The number of aromatic nitrogens is 1. The normalized spacial score (nSPS) is 23.9. The molecule has 1 aliphatic heterocycles. The molecule has 2 rings (SSSR count). The van der Waals surface area contributed by atoms with E-state index >= 15 is 0 Å². The van der Waals surface area contributed by atoms with Crippen molar-refractivity contribution in [2.75, 3.05) is 13.1 Å². The van der Waals surface area contributed by atoms with Crippen molar-refractivity contribution < 1.29 is 0 Å². The van der Waals surface area contributed by atoms with Crippen molar-refractivity contribution >= 4 is 0 Å². The third kappa shape index (κ3) is 2.36. The summed E-state index contributed by atoms with van der Waals surface area (Å²) in [7, 11) is 0. The van der Waals surface area contributed by atoms with Gasteiger partial charge in [-0.05, 0) is 38.4 Å². The van der Waals surface area contributed by atoms with Gasteiger partial charge in [0.15, 0.2) is 0 Å². The van der Waals surface area contributed by atoms with Gasteiger partial charge in [0.1, 0.15) is 0 Å². The van der Waals surface area contributed by atoms with Gasteiger partial charge in [-0.2, -0.15) is 0 Å². The summed E-state index contributed by atoms with van der Waals surface area (Å²) < 4.78 is 0. The van der Waals surface area contributed by atoms with Gasteiger partial charge in [-0.1, -0.05) is 0 Å². The molecule has 1 aromatic heterocycles. The molecule has 1 fully saturated rings. The molecule has 0 bridgehead atoms. The van der Waals surface area contributed by atoms with E-state index in [-0.39, 0.29) is 0 Å². The average molecular weight is 193 g/mol. The molecule has 78 valence electrons. The van der Waals surface area contributed by atoms with Crippen LogP contribution in [0.5, 0.6) is 0 Å². The summed E-state index contributed by atoms with van der Waals surface area (Å²) in [5.41, 5.74) is 1.27. The monoisotopic (exact) mass is 193 g/mol. The zero-order valence-corrected chi connectivity index (χ0v) is 8.72. The minimum Gasteiger partial charge on any atom is -0.364 e. The molecule has 1 aliphatic rings. The van der Waals surface area contributed by atoms with Gasteiger partial charge in [-0.3, -0.25) is 0 Å². The first kappa shape index (κ1) is 9.74. The second-order valence-corrected chi connectivity index (χ2v) is 4.05. The van der Waals surface area contributed by atoms with Gasteiger partial charge in [-0.15, -0.1) is 0 Å². The smallest absolute Gasteiger partial charge is 0.0444 e. The highest BCUT2D eigenvalue weighted by atomic mass is 15.0. The molecule has 3 N–H and O–H groups in total. The van der Waals surface area contributed by atoms with E-state index in [1.54, 1.807) is 0 Å². The highest BCUT2D eigenvalue weighted by Crippen LogP contribution is 2.10. The molecule has 3 heteroatoms. The van der Waals surface area contributed by atoms with E-state index in [0.29, 0.717) is 12.1 Å². The van der Waals surface area contributed by atoms with Crippen molar-refractivity contribution in [3.05, 3.63) is 24.0 Å². The Bertz CT molecular complexity index is 250. The number of nitrogens with one attached hydrogen (secondary N) is 3. The van der Waals surface area contributed by atoms with Crippen LogP contribution in [0.15, 0.2) is 18.3 Å². The van der Waals surface area contributed by atoms with Gasteiger partial charge in [0.05, 0.1) is 0 Å². The maximum atomic E-state index is 3.53. The van der Waals surface area contributed by atoms with Crippen molar-refractivity contribution in [3.63, 3.8) is 0 Å². The Morgan fingerprint density at radius 1 is 1.64 bits per heavy atom. The second kappa shape index (κ2) is 4.62. The molecule has 2 atom stereocenters. The van der Waals surface area contributed by atoms with E-state index in [1.807, 2.05) is 12.3 Å². The quantitative estimate of drug-likeness (QED) is 0.676. The lowest BCUT2D eigenvalue weighted by molar-refractivity contribution is 0.485. The summed E-state index contributed by atoms with van der Waals surface area (Å²) in [5, 5.41) is 7.02. The molecule has 14 heavy (non-hydrogen) atoms. The molecular formula is C11H19N3. The third-order valence-corrected chi connectivity index (χ3v) is 2.92. The van der Waals surface area contributed by atoms with E-state index < -0.39 is 0 Å². The molecule has 2 heterocycles. The first-order valence-electron chi connectivity index (χ1n) is 5.46.